The molecule has 1 atom stereocenters. The zero-order chi connectivity index (χ0) is 17.3. The largest absolute Gasteiger partial charge is 0.357 e. The second kappa shape index (κ2) is 9.90. The van der Waals surface area contributed by atoms with Gasteiger partial charge in [0.1, 0.15) is 0 Å². The van der Waals surface area contributed by atoms with E-state index in [2.05, 4.69) is 15.6 Å². The summed E-state index contributed by atoms with van der Waals surface area (Å²) >= 11 is 0. The Bertz CT molecular complexity index is 432. The third kappa shape index (κ3) is 7.81. The van der Waals surface area contributed by atoms with E-state index in [4.69, 9.17) is 0 Å². The van der Waals surface area contributed by atoms with Crippen molar-refractivity contribution in [3.05, 3.63) is 0 Å². The minimum atomic E-state index is -0.860. The predicted octanol–water partition coefficient (Wildman–Crippen LogP) is 1.10. The summed E-state index contributed by atoms with van der Waals surface area (Å²) in [6, 6.07) is 0. The van der Waals surface area contributed by atoms with Crippen molar-refractivity contribution in [3.63, 3.8) is 0 Å². The molecule has 0 aromatic rings. The molecule has 0 aromatic carbocycles. The summed E-state index contributed by atoms with van der Waals surface area (Å²) < 4.78 is 11.8. The van der Waals surface area contributed by atoms with Crippen LogP contribution in [0.15, 0.2) is 4.99 Å². The van der Waals surface area contributed by atoms with Crippen LogP contribution in [0, 0.1) is 0 Å². The molecule has 1 aliphatic heterocycles. The van der Waals surface area contributed by atoms with E-state index in [9.17, 15) is 9.00 Å². The van der Waals surface area contributed by atoms with Crippen LogP contribution in [0.4, 0.5) is 0 Å². The van der Waals surface area contributed by atoms with Gasteiger partial charge in [0.15, 0.2) is 5.96 Å². The highest BCUT2D eigenvalue weighted by molar-refractivity contribution is 7.86. The van der Waals surface area contributed by atoms with Crippen LogP contribution in [0.2, 0.25) is 0 Å². The summed E-state index contributed by atoms with van der Waals surface area (Å²) in [5.41, 5.74) is 0. The van der Waals surface area contributed by atoms with Crippen LogP contribution in [0.25, 0.3) is 0 Å². The summed E-state index contributed by atoms with van der Waals surface area (Å²) in [6.07, 6.45) is 2.55. The topological polar surface area (TPSA) is 73.8 Å². The van der Waals surface area contributed by atoms with Gasteiger partial charge in [-0.2, -0.15) is 0 Å². The standard InChI is InChI=1S/C16H32N4O2S/c1-5-17-15(19-10-13-23(22)16(2,3)4)18-9-7-12-20-11-6-8-14(20)21/h5-13H2,1-4H3,(H2,17,18,19). The number of carbonyl (C=O) groups excluding carboxylic acids is 1. The van der Waals surface area contributed by atoms with Crippen molar-refractivity contribution >= 4 is 22.7 Å². The first kappa shape index (κ1) is 19.9. The summed E-state index contributed by atoms with van der Waals surface area (Å²) in [5, 5.41) is 6.42. The van der Waals surface area contributed by atoms with Crippen LogP contribution in [-0.4, -0.2) is 64.2 Å². The lowest BCUT2D eigenvalue weighted by molar-refractivity contribution is -0.127. The third-order valence-corrected chi connectivity index (χ3v) is 5.58. The van der Waals surface area contributed by atoms with Gasteiger partial charge in [-0.3, -0.25) is 14.0 Å². The molecule has 1 aliphatic rings. The molecule has 1 unspecified atom stereocenters. The lowest BCUT2D eigenvalue weighted by atomic mass is 10.3. The molecule has 1 rings (SSSR count). The highest BCUT2D eigenvalue weighted by Crippen LogP contribution is 2.10. The van der Waals surface area contributed by atoms with Crippen LogP contribution in [0.1, 0.15) is 47.0 Å². The average Bonchev–Trinajstić information content (AvgIpc) is 2.87. The van der Waals surface area contributed by atoms with Gasteiger partial charge in [-0.25, -0.2) is 0 Å². The minimum absolute atomic E-state index is 0.181. The molecule has 1 amide bonds. The maximum absolute atomic E-state index is 12.0. The Morgan fingerprint density at radius 2 is 2.09 bits per heavy atom. The first-order chi connectivity index (χ1) is 10.8. The number of nitrogens with zero attached hydrogens (tertiary/aromatic N) is 2. The Balaban J connectivity index is 2.29. The fraction of sp³-hybridized carbons (Fsp3) is 0.875. The molecule has 6 nitrogen and oxygen atoms in total. The van der Waals surface area contributed by atoms with Gasteiger partial charge in [0.25, 0.3) is 0 Å². The number of carbonyl (C=O) groups is 1. The molecule has 0 spiro atoms. The highest BCUT2D eigenvalue weighted by Gasteiger charge is 2.19. The van der Waals surface area contributed by atoms with Gasteiger partial charge in [-0.15, -0.1) is 0 Å². The fourth-order valence-corrected chi connectivity index (χ4v) is 3.20. The summed E-state index contributed by atoms with van der Waals surface area (Å²) in [7, 11) is -0.860. The van der Waals surface area contributed by atoms with Gasteiger partial charge >= 0.3 is 0 Å². The maximum Gasteiger partial charge on any atom is 0.222 e. The van der Waals surface area contributed by atoms with Crippen molar-refractivity contribution < 1.29 is 9.00 Å². The molecule has 134 valence electrons. The normalized spacial score (nSPS) is 17.5. The first-order valence-corrected chi connectivity index (χ1v) is 9.85. The zero-order valence-corrected chi connectivity index (χ0v) is 15.8. The summed E-state index contributed by atoms with van der Waals surface area (Å²) in [4.78, 5) is 18.0. The lowest BCUT2D eigenvalue weighted by Crippen LogP contribution is -2.40. The van der Waals surface area contributed by atoms with E-state index in [1.165, 1.54) is 0 Å². The third-order valence-electron chi connectivity index (χ3n) is 3.63. The first-order valence-electron chi connectivity index (χ1n) is 8.53. The molecule has 23 heavy (non-hydrogen) atoms. The SMILES string of the molecule is CCNC(=NCCCN1CCCC1=O)NCCS(=O)C(C)(C)C. The minimum Gasteiger partial charge on any atom is -0.357 e. The van der Waals surface area contributed by atoms with E-state index >= 15 is 0 Å². The Hall–Kier alpha value is -1.11. The number of amides is 1. The molecule has 0 aliphatic carbocycles. The second-order valence-corrected chi connectivity index (χ2v) is 9.01. The monoisotopic (exact) mass is 344 g/mol. The molecule has 0 radical (unpaired) electrons. The second-order valence-electron chi connectivity index (χ2n) is 6.69. The molecular weight excluding hydrogens is 312 g/mol. The number of likely N-dealkylation sites (tertiary alicyclic amines) is 1. The highest BCUT2D eigenvalue weighted by atomic mass is 32.2. The van der Waals surface area contributed by atoms with Crippen LogP contribution in [0.5, 0.6) is 0 Å². The van der Waals surface area contributed by atoms with E-state index in [-0.39, 0.29) is 10.7 Å². The Morgan fingerprint density at radius 1 is 1.35 bits per heavy atom. The molecule has 1 fully saturated rings. The maximum atomic E-state index is 12.0. The summed E-state index contributed by atoms with van der Waals surface area (Å²) in [6.45, 7) is 11.8. The van der Waals surface area contributed by atoms with Crippen molar-refractivity contribution in [2.24, 2.45) is 4.99 Å². The fourth-order valence-electron chi connectivity index (χ4n) is 2.30. The van der Waals surface area contributed by atoms with E-state index < -0.39 is 10.8 Å². The summed E-state index contributed by atoms with van der Waals surface area (Å²) in [5.74, 6) is 1.63. The van der Waals surface area contributed by atoms with Crippen LogP contribution in [-0.2, 0) is 15.6 Å². The molecule has 1 saturated heterocycles. The molecule has 7 heteroatoms. The van der Waals surface area contributed by atoms with Crippen molar-refractivity contribution in [2.45, 2.75) is 51.7 Å². The Kier molecular flexibility index (Phi) is 8.58. The number of rotatable bonds is 8. The van der Waals surface area contributed by atoms with E-state index in [1.54, 1.807) is 0 Å². The van der Waals surface area contributed by atoms with Gasteiger partial charge in [-0.1, -0.05) is 0 Å². The van der Waals surface area contributed by atoms with Gasteiger partial charge in [0.2, 0.25) is 5.91 Å². The van der Waals surface area contributed by atoms with Crippen molar-refractivity contribution in [3.8, 4) is 0 Å². The molecule has 1 heterocycles. The average molecular weight is 345 g/mol. The zero-order valence-electron chi connectivity index (χ0n) is 15.0. The van der Waals surface area contributed by atoms with Gasteiger partial charge in [0.05, 0.1) is 0 Å². The molecule has 0 saturated carbocycles. The van der Waals surface area contributed by atoms with Gasteiger partial charge in [0, 0.05) is 60.4 Å². The van der Waals surface area contributed by atoms with Crippen LogP contribution < -0.4 is 10.6 Å². The number of nitrogens with one attached hydrogen (secondary N) is 2. The van der Waals surface area contributed by atoms with E-state index in [0.717, 1.165) is 38.4 Å². The van der Waals surface area contributed by atoms with Gasteiger partial charge < -0.3 is 15.5 Å². The lowest BCUT2D eigenvalue weighted by Gasteiger charge is -2.18. The smallest absolute Gasteiger partial charge is 0.222 e. The number of guanidine groups is 1. The number of hydrogen-bond donors (Lipinski definition) is 2. The van der Waals surface area contributed by atoms with E-state index in [0.29, 0.717) is 25.3 Å². The van der Waals surface area contributed by atoms with Crippen LogP contribution in [0.3, 0.4) is 0 Å². The Morgan fingerprint density at radius 3 is 2.65 bits per heavy atom. The number of aliphatic imine (C=N–C) groups is 1. The predicted molar refractivity (Wildman–Crippen MR) is 97.2 cm³/mol. The van der Waals surface area contributed by atoms with Gasteiger partial charge in [-0.05, 0) is 40.5 Å². The number of hydrogen-bond acceptors (Lipinski definition) is 3. The molecule has 0 bridgehead atoms. The molecular formula is C16H32N4O2S. The van der Waals surface area contributed by atoms with Crippen molar-refractivity contribution in [1.29, 1.82) is 0 Å². The molecule has 2 N–H and O–H groups in total. The Labute approximate surface area is 142 Å². The van der Waals surface area contributed by atoms with Crippen molar-refractivity contribution in [1.82, 2.24) is 15.5 Å². The van der Waals surface area contributed by atoms with Crippen LogP contribution >= 0.6 is 0 Å². The van der Waals surface area contributed by atoms with Crippen molar-refractivity contribution in [2.75, 3.05) is 38.5 Å². The van der Waals surface area contributed by atoms with E-state index in [1.807, 2.05) is 32.6 Å². The quantitative estimate of drug-likeness (QED) is 0.393. The molecule has 0 aromatic heterocycles.